The van der Waals surface area contributed by atoms with Crippen LogP contribution in [0.5, 0.6) is 0 Å². The lowest BCUT2D eigenvalue weighted by molar-refractivity contribution is 0.0225. The van der Waals surface area contributed by atoms with Gasteiger partial charge in [-0.25, -0.2) is 4.79 Å². The van der Waals surface area contributed by atoms with E-state index in [0.29, 0.717) is 6.42 Å². The lowest BCUT2D eigenvalue weighted by atomic mass is 10.2. The fourth-order valence-corrected chi connectivity index (χ4v) is 2.20. The summed E-state index contributed by atoms with van der Waals surface area (Å²) >= 11 is 0. The van der Waals surface area contributed by atoms with E-state index in [9.17, 15) is 4.79 Å². The van der Waals surface area contributed by atoms with E-state index in [1.165, 1.54) is 0 Å². The van der Waals surface area contributed by atoms with Gasteiger partial charge in [-0.1, -0.05) is 0 Å². The standard InChI is InChI=1S/C15H26N2O2/c1-6-8-12(2)16-11-13-9-7-10-17(13)14(18)19-15(3,4)5/h1,12-13,16H,7-11H2,2-5H3. The molecule has 1 fully saturated rings. The van der Waals surface area contributed by atoms with Gasteiger partial charge in [0, 0.05) is 31.6 Å². The summed E-state index contributed by atoms with van der Waals surface area (Å²) in [6.45, 7) is 9.30. The van der Waals surface area contributed by atoms with Crippen LogP contribution in [0, 0.1) is 12.3 Å². The van der Waals surface area contributed by atoms with E-state index >= 15 is 0 Å². The third-order valence-electron chi connectivity index (χ3n) is 3.13. The molecule has 0 spiro atoms. The Morgan fingerprint density at radius 1 is 1.58 bits per heavy atom. The summed E-state index contributed by atoms with van der Waals surface area (Å²) in [7, 11) is 0. The third kappa shape index (κ3) is 5.52. The molecule has 19 heavy (non-hydrogen) atoms. The van der Waals surface area contributed by atoms with Crippen molar-refractivity contribution in [2.45, 2.75) is 64.6 Å². The number of terminal acetylenes is 1. The number of nitrogens with one attached hydrogen (secondary N) is 1. The maximum atomic E-state index is 12.1. The molecule has 1 saturated heterocycles. The number of rotatable bonds is 4. The highest BCUT2D eigenvalue weighted by Gasteiger charge is 2.31. The van der Waals surface area contributed by atoms with Crippen LogP contribution in [-0.2, 0) is 4.74 Å². The largest absolute Gasteiger partial charge is 0.444 e. The second-order valence-corrected chi connectivity index (χ2v) is 6.19. The van der Waals surface area contributed by atoms with Gasteiger partial charge in [0.15, 0.2) is 0 Å². The van der Waals surface area contributed by atoms with Gasteiger partial charge in [-0.15, -0.1) is 12.3 Å². The van der Waals surface area contributed by atoms with Crippen molar-refractivity contribution in [2.24, 2.45) is 0 Å². The zero-order valence-corrected chi connectivity index (χ0v) is 12.5. The molecule has 0 saturated carbocycles. The molecule has 1 heterocycles. The summed E-state index contributed by atoms with van der Waals surface area (Å²) in [5, 5.41) is 3.38. The van der Waals surface area contributed by atoms with Crippen molar-refractivity contribution < 1.29 is 9.53 Å². The van der Waals surface area contributed by atoms with Gasteiger partial charge in [0.05, 0.1) is 0 Å². The minimum absolute atomic E-state index is 0.207. The number of carbonyl (C=O) groups is 1. The van der Waals surface area contributed by atoms with Gasteiger partial charge in [-0.3, -0.25) is 0 Å². The molecular formula is C15H26N2O2. The summed E-state index contributed by atoms with van der Waals surface area (Å²) in [6.07, 6.45) is 7.84. The first kappa shape index (κ1) is 15.8. The molecule has 0 bridgehead atoms. The lowest BCUT2D eigenvalue weighted by Crippen LogP contribution is -2.45. The van der Waals surface area contributed by atoms with E-state index in [-0.39, 0.29) is 18.2 Å². The van der Waals surface area contributed by atoms with E-state index in [1.54, 1.807) is 0 Å². The molecule has 0 aliphatic carbocycles. The van der Waals surface area contributed by atoms with Gasteiger partial charge in [-0.05, 0) is 40.5 Å². The Morgan fingerprint density at radius 2 is 2.26 bits per heavy atom. The Morgan fingerprint density at radius 3 is 2.84 bits per heavy atom. The summed E-state index contributed by atoms with van der Waals surface area (Å²) in [5.74, 6) is 2.64. The van der Waals surface area contributed by atoms with Crippen molar-refractivity contribution in [1.29, 1.82) is 0 Å². The molecule has 2 unspecified atom stereocenters. The van der Waals surface area contributed by atoms with Crippen LogP contribution in [0.25, 0.3) is 0 Å². The van der Waals surface area contributed by atoms with Gasteiger partial charge in [-0.2, -0.15) is 0 Å². The normalized spacial score (nSPS) is 21.0. The van der Waals surface area contributed by atoms with Crippen molar-refractivity contribution in [3.63, 3.8) is 0 Å². The molecule has 108 valence electrons. The van der Waals surface area contributed by atoms with Crippen molar-refractivity contribution in [3.8, 4) is 12.3 Å². The highest BCUT2D eigenvalue weighted by Crippen LogP contribution is 2.20. The first-order valence-electron chi connectivity index (χ1n) is 7.00. The molecule has 0 radical (unpaired) electrons. The summed E-state index contributed by atoms with van der Waals surface area (Å²) in [5.41, 5.74) is -0.436. The second kappa shape index (κ2) is 6.81. The monoisotopic (exact) mass is 266 g/mol. The number of hydrogen-bond acceptors (Lipinski definition) is 3. The zero-order valence-electron chi connectivity index (χ0n) is 12.5. The van der Waals surface area contributed by atoms with E-state index in [1.807, 2.05) is 25.7 Å². The Kier molecular flexibility index (Phi) is 5.68. The van der Waals surface area contributed by atoms with Gasteiger partial charge >= 0.3 is 6.09 Å². The SMILES string of the molecule is C#CCC(C)NCC1CCCN1C(=O)OC(C)(C)C. The van der Waals surface area contributed by atoms with Crippen molar-refractivity contribution in [1.82, 2.24) is 10.2 Å². The van der Waals surface area contributed by atoms with Crippen LogP contribution in [0.4, 0.5) is 4.79 Å². The average molecular weight is 266 g/mol. The van der Waals surface area contributed by atoms with E-state index in [2.05, 4.69) is 18.2 Å². The maximum absolute atomic E-state index is 12.1. The summed E-state index contributed by atoms with van der Waals surface area (Å²) in [4.78, 5) is 13.9. The third-order valence-corrected chi connectivity index (χ3v) is 3.13. The number of hydrogen-bond donors (Lipinski definition) is 1. The average Bonchev–Trinajstić information content (AvgIpc) is 2.72. The van der Waals surface area contributed by atoms with E-state index < -0.39 is 5.60 Å². The van der Waals surface area contributed by atoms with Gasteiger partial charge < -0.3 is 15.0 Å². The Bertz CT molecular complexity index is 341. The molecule has 1 aliphatic rings. The lowest BCUT2D eigenvalue weighted by Gasteiger charge is -2.29. The molecule has 1 amide bonds. The smallest absolute Gasteiger partial charge is 0.410 e. The van der Waals surface area contributed by atoms with Crippen LogP contribution in [0.15, 0.2) is 0 Å². The molecule has 4 heteroatoms. The second-order valence-electron chi connectivity index (χ2n) is 6.19. The molecule has 1 aliphatic heterocycles. The zero-order chi connectivity index (χ0) is 14.5. The van der Waals surface area contributed by atoms with Crippen LogP contribution in [0.3, 0.4) is 0 Å². The molecule has 0 aromatic carbocycles. The topological polar surface area (TPSA) is 41.6 Å². The van der Waals surface area contributed by atoms with Gasteiger partial charge in [0.2, 0.25) is 0 Å². The first-order valence-corrected chi connectivity index (χ1v) is 7.00. The summed E-state index contributed by atoms with van der Waals surface area (Å²) in [6, 6.07) is 0.501. The number of nitrogens with zero attached hydrogens (tertiary/aromatic N) is 1. The highest BCUT2D eigenvalue weighted by atomic mass is 16.6. The summed E-state index contributed by atoms with van der Waals surface area (Å²) < 4.78 is 5.43. The predicted molar refractivity (Wildman–Crippen MR) is 76.9 cm³/mol. The first-order chi connectivity index (χ1) is 8.83. The quantitative estimate of drug-likeness (QED) is 0.794. The predicted octanol–water partition coefficient (Wildman–Crippen LogP) is 2.39. The van der Waals surface area contributed by atoms with Crippen LogP contribution in [-0.4, -0.2) is 41.8 Å². The number of ether oxygens (including phenoxy) is 1. The van der Waals surface area contributed by atoms with Crippen molar-refractivity contribution >= 4 is 6.09 Å². The molecular weight excluding hydrogens is 240 g/mol. The van der Waals surface area contributed by atoms with Gasteiger partial charge in [0.1, 0.15) is 5.60 Å². The Balaban J connectivity index is 2.46. The molecule has 0 aromatic rings. The molecule has 0 aromatic heterocycles. The van der Waals surface area contributed by atoms with Crippen LogP contribution >= 0.6 is 0 Å². The number of amides is 1. The highest BCUT2D eigenvalue weighted by molar-refractivity contribution is 5.69. The maximum Gasteiger partial charge on any atom is 0.410 e. The van der Waals surface area contributed by atoms with Crippen molar-refractivity contribution in [2.75, 3.05) is 13.1 Å². The fourth-order valence-electron chi connectivity index (χ4n) is 2.20. The van der Waals surface area contributed by atoms with Crippen molar-refractivity contribution in [3.05, 3.63) is 0 Å². The molecule has 1 rings (SSSR count). The van der Waals surface area contributed by atoms with Crippen LogP contribution < -0.4 is 5.32 Å². The number of likely N-dealkylation sites (tertiary alicyclic amines) is 1. The van der Waals surface area contributed by atoms with Gasteiger partial charge in [0.25, 0.3) is 0 Å². The van der Waals surface area contributed by atoms with E-state index in [0.717, 1.165) is 25.9 Å². The van der Waals surface area contributed by atoms with Crippen LogP contribution in [0.1, 0.15) is 47.0 Å². The number of carbonyl (C=O) groups excluding carboxylic acids is 1. The van der Waals surface area contributed by atoms with Crippen LogP contribution in [0.2, 0.25) is 0 Å². The minimum atomic E-state index is -0.436. The molecule has 1 N–H and O–H groups in total. The molecule has 4 nitrogen and oxygen atoms in total. The fraction of sp³-hybridized carbons (Fsp3) is 0.800. The Hall–Kier alpha value is -1.21. The minimum Gasteiger partial charge on any atom is -0.444 e. The Labute approximate surface area is 116 Å². The van der Waals surface area contributed by atoms with E-state index in [4.69, 9.17) is 11.2 Å². The molecule has 2 atom stereocenters.